The molecule has 0 saturated heterocycles. The summed E-state index contributed by atoms with van der Waals surface area (Å²) in [5.74, 6) is 0.408. The Hall–Kier alpha value is -1.18. The molecule has 4 N–H and O–H groups in total. The molecule has 200 valence electrons. The molecule has 0 radical (unpaired) electrons. The second-order valence-electron chi connectivity index (χ2n) is 12.8. The number of carbonyl (C=O) groups is 2. The molecule has 4 fully saturated rings. The molecule has 0 amide bonds. The van der Waals surface area contributed by atoms with Gasteiger partial charge in [0.2, 0.25) is 0 Å². The number of aliphatic hydroxyl groups is 3. The molecule has 0 heterocycles. The zero-order valence-corrected chi connectivity index (χ0v) is 21.7. The Bertz CT molecular complexity index is 785. The number of rotatable bonds is 8. The lowest BCUT2D eigenvalue weighted by atomic mass is 9.43. The number of carboxylic acid groups (broad SMARTS) is 1. The third-order valence-electron chi connectivity index (χ3n) is 11.1. The van der Waals surface area contributed by atoms with Crippen LogP contribution in [-0.4, -0.2) is 57.3 Å². The first kappa shape index (κ1) is 26.9. The molecule has 0 bridgehead atoms. The Kier molecular flexibility index (Phi) is 7.90. The largest absolute Gasteiger partial charge is 0.481 e. The molecule has 35 heavy (non-hydrogen) atoms. The van der Waals surface area contributed by atoms with Crippen molar-refractivity contribution >= 4 is 11.9 Å². The average molecular weight is 495 g/mol. The number of esters is 1. The number of carboxylic acids is 1. The first-order chi connectivity index (χ1) is 16.5. The fourth-order valence-electron chi connectivity index (χ4n) is 9.21. The van der Waals surface area contributed by atoms with Crippen molar-refractivity contribution in [1.29, 1.82) is 0 Å². The third-order valence-corrected chi connectivity index (χ3v) is 11.1. The Morgan fingerprint density at radius 2 is 1.74 bits per heavy atom. The monoisotopic (exact) mass is 494 g/mol. The van der Waals surface area contributed by atoms with Crippen molar-refractivity contribution < 1.29 is 34.8 Å². The second-order valence-corrected chi connectivity index (χ2v) is 12.8. The number of aliphatic carboxylic acids is 1. The number of hydrogen-bond donors (Lipinski definition) is 4. The van der Waals surface area contributed by atoms with Crippen LogP contribution in [0.15, 0.2) is 0 Å². The van der Waals surface area contributed by atoms with Crippen LogP contribution in [0.25, 0.3) is 0 Å². The van der Waals surface area contributed by atoms with Gasteiger partial charge in [0.25, 0.3) is 0 Å². The Morgan fingerprint density at radius 1 is 1.00 bits per heavy atom. The molecule has 4 aliphatic rings. The Balaban J connectivity index is 1.39. The summed E-state index contributed by atoms with van der Waals surface area (Å²) >= 11 is 0. The molecule has 11 atom stereocenters. The van der Waals surface area contributed by atoms with E-state index in [0.29, 0.717) is 36.2 Å². The average Bonchev–Trinajstić information content (AvgIpc) is 3.15. The molecule has 4 aliphatic carbocycles. The van der Waals surface area contributed by atoms with E-state index in [1.54, 1.807) is 0 Å². The van der Waals surface area contributed by atoms with Crippen LogP contribution in [0.5, 0.6) is 0 Å². The van der Waals surface area contributed by atoms with E-state index in [-0.39, 0.29) is 41.8 Å². The molecule has 7 nitrogen and oxygen atoms in total. The number of aliphatic hydroxyl groups excluding tert-OH is 3. The van der Waals surface area contributed by atoms with Gasteiger partial charge in [-0.25, -0.2) is 0 Å². The normalized spacial score (nSPS) is 45.7. The summed E-state index contributed by atoms with van der Waals surface area (Å²) in [4.78, 5) is 22.3. The SMILES string of the molecule is C[C@H](CCCOC(=O)CCC(=O)O)C1CC[C@H]2[C@@H]3[C@H](O)C[C@H]4C[C@H](O)CC[C@]4(C)[C@H]3C[C@H](O)[C@]12C. The third kappa shape index (κ3) is 4.89. The zero-order chi connectivity index (χ0) is 25.5. The van der Waals surface area contributed by atoms with E-state index in [9.17, 15) is 24.9 Å². The topological polar surface area (TPSA) is 124 Å². The van der Waals surface area contributed by atoms with Crippen molar-refractivity contribution in [2.45, 2.75) is 110 Å². The molecule has 0 aromatic carbocycles. The molecule has 4 saturated carbocycles. The lowest BCUT2D eigenvalue weighted by Crippen LogP contribution is -2.62. The number of ether oxygens (including phenoxy) is 1. The van der Waals surface area contributed by atoms with Crippen LogP contribution in [0.2, 0.25) is 0 Å². The standard InChI is InChI=1S/C28H46O7/c1-16(5-4-12-35-25(34)9-8-24(32)33)19-6-7-20-26-21(15-23(31)28(19,20)3)27(2)11-10-18(29)13-17(27)14-22(26)30/h16-23,26,29-31H,4-15H2,1-3H3,(H,32,33)/t16-,17-,18-,19?,20+,21+,22-,23+,26+,27+,28-/m1/s1. The van der Waals surface area contributed by atoms with Crippen molar-refractivity contribution in [2.24, 2.45) is 46.3 Å². The summed E-state index contributed by atoms with van der Waals surface area (Å²) in [7, 11) is 0. The number of fused-ring (bicyclic) bond motifs is 5. The minimum atomic E-state index is -0.999. The Labute approximate surface area is 209 Å². The van der Waals surface area contributed by atoms with E-state index < -0.39 is 18.0 Å². The summed E-state index contributed by atoms with van der Waals surface area (Å²) in [6, 6.07) is 0. The van der Waals surface area contributed by atoms with Gasteiger partial charge in [-0.05, 0) is 104 Å². The van der Waals surface area contributed by atoms with Crippen LogP contribution in [0, 0.1) is 46.3 Å². The molecule has 7 heteroatoms. The fraction of sp³-hybridized carbons (Fsp3) is 0.929. The van der Waals surface area contributed by atoms with Crippen LogP contribution in [0.3, 0.4) is 0 Å². The number of hydrogen-bond acceptors (Lipinski definition) is 6. The highest BCUT2D eigenvalue weighted by Crippen LogP contribution is 2.68. The highest BCUT2D eigenvalue weighted by Gasteiger charge is 2.65. The van der Waals surface area contributed by atoms with E-state index >= 15 is 0 Å². The second kappa shape index (κ2) is 10.3. The minimum Gasteiger partial charge on any atom is -0.481 e. The van der Waals surface area contributed by atoms with Crippen LogP contribution < -0.4 is 0 Å². The molecular formula is C28H46O7. The minimum absolute atomic E-state index is 0.0830. The maximum absolute atomic E-state index is 11.7. The van der Waals surface area contributed by atoms with Crippen LogP contribution in [0.4, 0.5) is 0 Å². The number of carbonyl (C=O) groups excluding carboxylic acids is 1. The summed E-state index contributed by atoms with van der Waals surface area (Å²) in [6.07, 6.45) is 6.47. The van der Waals surface area contributed by atoms with E-state index in [1.165, 1.54) is 0 Å². The van der Waals surface area contributed by atoms with Crippen molar-refractivity contribution in [3.63, 3.8) is 0 Å². The highest BCUT2D eigenvalue weighted by molar-refractivity contribution is 5.76. The predicted molar refractivity (Wildman–Crippen MR) is 130 cm³/mol. The summed E-state index contributed by atoms with van der Waals surface area (Å²) in [6.45, 7) is 7.15. The van der Waals surface area contributed by atoms with Crippen LogP contribution >= 0.6 is 0 Å². The van der Waals surface area contributed by atoms with Crippen molar-refractivity contribution in [1.82, 2.24) is 0 Å². The van der Waals surface area contributed by atoms with Gasteiger partial charge in [-0.2, -0.15) is 0 Å². The molecule has 0 aromatic heterocycles. The van der Waals surface area contributed by atoms with Gasteiger partial charge in [0, 0.05) is 0 Å². The molecular weight excluding hydrogens is 448 g/mol. The maximum Gasteiger partial charge on any atom is 0.306 e. The highest BCUT2D eigenvalue weighted by atomic mass is 16.5. The predicted octanol–water partition coefficient (Wildman–Crippen LogP) is 3.77. The van der Waals surface area contributed by atoms with Gasteiger partial charge in [0.1, 0.15) is 0 Å². The maximum atomic E-state index is 11.7. The van der Waals surface area contributed by atoms with Crippen molar-refractivity contribution in [3.05, 3.63) is 0 Å². The van der Waals surface area contributed by atoms with Gasteiger partial charge >= 0.3 is 11.9 Å². The van der Waals surface area contributed by atoms with E-state index in [0.717, 1.165) is 57.8 Å². The van der Waals surface area contributed by atoms with Gasteiger partial charge in [-0.3, -0.25) is 9.59 Å². The summed E-state index contributed by atoms with van der Waals surface area (Å²) in [5, 5.41) is 42.0. The first-order valence-electron chi connectivity index (χ1n) is 13.9. The van der Waals surface area contributed by atoms with Crippen LogP contribution in [0.1, 0.15) is 91.4 Å². The van der Waals surface area contributed by atoms with Gasteiger partial charge in [0.15, 0.2) is 0 Å². The van der Waals surface area contributed by atoms with Gasteiger partial charge < -0.3 is 25.2 Å². The van der Waals surface area contributed by atoms with Crippen LogP contribution in [-0.2, 0) is 14.3 Å². The molecule has 0 aromatic rings. The van der Waals surface area contributed by atoms with Gasteiger partial charge in [0.05, 0.1) is 37.8 Å². The molecule has 1 unspecified atom stereocenters. The lowest BCUT2D eigenvalue weighted by molar-refractivity contribution is -0.207. The molecule has 0 spiro atoms. The first-order valence-corrected chi connectivity index (χ1v) is 13.9. The molecule has 0 aliphatic heterocycles. The summed E-state index contributed by atoms with van der Waals surface area (Å²) < 4.78 is 5.21. The molecule has 4 rings (SSSR count). The van der Waals surface area contributed by atoms with Crippen molar-refractivity contribution in [2.75, 3.05) is 6.61 Å². The Morgan fingerprint density at radius 3 is 2.46 bits per heavy atom. The van der Waals surface area contributed by atoms with Gasteiger partial charge in [-0.15, -0.1) is 0 Å². The smallest absolute Gasteiger partial charge is 0.306 e. The lowest BCUT2D eigenvalue weighted by Gasteiger charge is -2.63. The fourth-order valence-corrected chi connectivity index (χ4v) is 9.21. The quantitative estimate of drug-likeness (QED) is 0.299. The van der Waals surface area contributed by atoms with E-state index in [1.807, 2.05) is 0 Å². The van der Waals surface area contributed by atoms with E-state index in [2.05, 4.69) is 20.8 Å². The van der Waals surface area contributed by atoms with Gasteiger partial charge in [-0.1, -0.05) is 20.8 Å². The zero-order valence-electron chi connectivity index (χ0n) is 21.7. The van der Waals surface area contributed by atoms with Crippen molar-refractivity contribution in [3.8, 4) is 0 Å². The van der Waals surface area contributed by atoms with E-state index in [4.69, 9.17) is 9.84 Å². The summed E-state index contributed by atoms with van der Waals surface area (Å²) in [5.41, 5.74) is -0.142.